The van der Waals surface area contributed by atoms with Crippen molar-refractivity contribution in [3.63, 3.8) is 0 Å². The molecule has 0 saturated heterocycles. The Morgan fingerprint density at radius 1 is 0.447 bits per heavy atom. The quantitative estimate of drug-likeness (QED) is 0.114. The molecule has 6 nitrogen and oxygen atoms in total. The predicted molar refractivity (Wildman–Crippen MR) is 150 cm³/mol. The van der Waals surface area contributed by atoms with E-state index < -0.39 is 45.8 Å². The third-order valence-corrected chi connectivity index (χ3v) is 7.81. The number of aliphatic hydroxyl groups excluding tert-OH is 2. The van der Waals surface area contributed by atoms with Gasteiger partial charge in [-0.05, 0) is 39.5 Å². The first kappa shape index (κ1) is 31.5. The van der Waals surface area contributed by atoms with Gasteiger partial charge in [0, 0.05) is 22.3 Å². The van der Waals surface area contributed by atoms with Crippen LogP contribution in [0.5, 0.6) is 0 Å². The maximum atomic E-state index is 13.0. The van der Waals surface area contributed by atoms with E-state index in [4.69, 9.17) is 0 Å². The van der Waals surface area contributed by atoms with Crippen LogP contribution in [-0.2, 0) is 19.2 Å². The van der Waals surface area contributed by atoms with Crippen molar-refractivity contribution in [3.8, 4) is 0 Å². The molecule has 0 aromatic rings. The molecule has 0 spiro atoms. The van der Waals surface area contributed by atoms with Crippen LogP contribution in [0, 0.1) is 0 Å². The molecule has 210 valence electrons. The molecule has 0 radical (unpaired) electrons. The van der Waals surface area contributed by atoms with E-state index >= 15 is 0 Å². The van der Waals surface area contributed by atoms with E-state index in [2.05, 4.69) is 13.8 Å². The summed E-state index contributed by atoms with van der Waals surface area (Å²) in [6.45, 7) is 7.33. The monoisotopic (exact) mass is 526 g/mol. The Balaban J connectivity index is 2.28. The van der Waals surface area contributed by atoms with E-state index in [1.807, 2.05) is 0 Å². The van der Waals surface area contributed by atoms with Gasteiger partial charge in [-0.2, -0.15) is 0 Å². The van der Waals surface area contributed by atoms with Crippen molar-refractivity contribution in [2.75, 3.05) is 0 Å². The Morgan fingerprint density at radius 2 is 0.737 bits per heavy atom. The van der Waals surface area contributed by atoms with Crippen LogP contribution in [0.1, 0.15) is 130 Å². The van der Waals surface area contributed by atoms with Gasteiger partial charge < -0.3 is 10.2 Å². The van der Waals surface area contributed by atoms with Crippen LogP contribution in [0.15, 0.2) is 45.0 Å². The number of carbonyl (C=O) groups is 4. The summed E-state index contributed by atoms with van der Waals surface area (Å²) >= 11 is 0. The van der Waals surface area contributed by atoms with Crippen molar-refractivity contribution >= 4 is 23.1 Å². The van der Waals surface area contributed by atoms with Crippen molar-refractivity contribution in [2.24, 2.45) is 0 Å². The first-order valence-electron chi connectivity index (χ1n) is 14.6. The fourth-order valence-electron chi connectivity index (χ4n) is 5.31. The van der Waals surface area contributed by atoms with E-state index in [1.165, 1.54) is 52.4 Å². The Hall–Kier alpha value is -2.76. The Kier molecular flexibility index (Phi) is 12.9. The van der Waals surface area contributed by atoms with E-state index in [1.54, 1.807) is 0 Å². The van der Waals surface area contributed by atoms with Gasteiger partial charge >= 0.3 is 0 Å². The lowest BCUT2D eigenvalue weighted by molar-refractivity contribution is -0.133. The number of unbranched alkanes of at least 4 members (excludes halogenated alkanes) is 12. The number of aliphatic hydroxyl groups is 2. The highest BCUT2D eigenvalue weighted by atomic mass is 16.3. The summed E-state index contributed by atoms with van der Waals surface area (Å²) in [4.78, 5) is 51.7. The van der Waals surface area contributed by atoms with Gasteiger partial charge in [-0.15, -0.1) is 0 Å². The maximum Gasteiger partial charge on any atom is 0.237 e. The van der Waals surface area contributed by atoms with Crippen molar-refractivity contribution in [1.29, 1.82) is 0 Å². The number of allylic oxidation sites excluding steroid dienone is 6. The molecule has 2 N–H and O–H groups in total. The normalized spacial score (nSPS) is 17.1. The standard InChI is InChI=1S/C32H46O6/c1-5-7-9-11-13-15-17-19-23-21(3)27(33)31(37)25(29(23)35)26-30(36)24(22(4)28(34)32(26)38)20-18-16-14-12-10-8-6-2/h35-36H,5-20H2,1-4H3. The lowest BCUT2D eigenvalue weighted by Gasteiger charge is -2.25. The van der Waals surface area contributed by atoms with Gasteiger partial charge in [-0.25, -0.2) is 0 Å². The molecule has 0 bridgehead atoms. The van der Waals surface area contributed by atoms with Crippen LogP contribution < -0.4 is 0 Å². The molecule has 0 heterocycles. The molecule has 0 fully saturated rings. The average molecular weight is 527 g/mol. The zero-order chi connectivity index (χ0) is 28.2. The number of carbonyl (C=O) groups excluding carboxylic acids is 4. The minimum absolute atomic E-state index is 0.159. The average Bonchev–Trinajstić information content (AvgIpc) is 2.90. The van der Waals surface area contributed by atoms with Crippen LogP contribution in [0.25, 0.3) is 0 Å². The largest absolute Gasteiger partial charge is 0.507 e. The summed E-state index contributed by atoms with van der Waals surface area (Å²) in [5.41, 5.74) is -0.103. The van der Waals surface area contributed by atoms with Gasteiger partial charge in [0.1, 0.15) is 11.5 Å². The summed E-state index contributed by atoms with van der Waals surface area (Å²) < 4.78 is 0. The zero-order valence-corrected chi connectivity index (χ0v) is 23.8. The highest BCUT2D eigenvalue weighted by molar-refractivity contribution is 6.57. The van der Waals surface area contributed by atoms with Crippen LogP contribution in [0.4, 0.5) is 0 Å². The number of Topliss-reactive ketones (excluding diaryl/α,β-unsaturated/α-hetero) is 4. The van der Waals surface area contributed by atoms with Crippen LogP contribution >= 0.6 is 0 Å². The van der Waals surface area contributed by atoms with Crippen molar-refractivity contribution < 1.29 is 29.4 Å². The Labute approximate surface area is 228 Å². The molecule has 0 unspecified atom stereocenters. The van der Waals surface area contributed by atoms with Gasteiger partial charge in [0.2, 0.25) is 23.1 Å². The number of hydrogen-bond acceptors (Lipinski definition) is 6. The fraction of sp³-hybridized carbons (Fsp3) is 0.625. The summed E-state index contributed by atoms with van der Waals surface area (Å²) in [7, 11) is 0. The summed E-state index contributed by atoms with van der Waals surface area (Å²) in [5.74, 6) is -4.65. The van der Waals surface area contributed by atoms with Crippen LogP contribution in [0.3, 0.4) is 0 Å². The highest BCUT2D eigenvalue weighted by Gasteiger charge is 2.42. The molecule has 38 heavy (non-hydrogen) atoms. The van der Waals surface area contributed by atoms with Crippen LogP contribution in [-0.4, -0.2) is 33.3 Å². The Morgan fingerprint density at radius 3 is 1.05 bits per heavy atom. The third-order valence-electron chi connectivity index (χ3n) is 7.81. The van der Waals surface area contributed by atoms with Gasteiger partial charge in [-0.1, -0.05) is 90.9 Å². The fourth-order valence-corrected chi connectivity index (χ4v) is 5.31. The third kappa shape index (κ3) is 7.64. The molecule has 0 aliphatic heterocycles. The minimum atomic E-state index is -1.05. The molecule has 0 saturated carbocycles. The maximum absolute atomic E-state index is 13.0. The molecular weight excluding hydrogens is 480 g/mol. The number of hydrogen-bond donors (Lipinski definition) is 2. The number of ketones is 4. The molecule has 6 heteroatoms. The highest BCUT2D eigenvalue weighted by Crippen LogP contribution is 2.38. The van der Waals surface area contributed by atoms with Crippen molar-refractivity contribution in [2.45, 2.75) is 130 Å². The predicted octanol–water partition coefficient (Wildman–Crippen LogP) is 7.83. The molecule has 2 aliphatic rings. The van der Waals surface area contributed by atoms with Gasteiger partial charge in [0.05, 0.1) is 11.1 Å². The lowest BCUT2D eigenvalue weighted by Crippen LogP contribution is -2.33. The number of rotatable bonds is 17. The molecular formula is C32H46O6. The lowest BCUT2D eigenvalue weighted by atomic mass is 9.77. The molecule has 0 aromatic heterocycles. The summed E-state index contributed by atoms with van der Waals surface area (Å²) in [6, 6.07) is 0. The van der Waals surface area contributed by atoms with Crippen LogP contribution in [0.2, 0.25) is 0 Å². The molecule has 0 amide bonds. The summed E-state index contributed by atoms with van der Waals surface area (Å²) in [5, 5.41) is 22.3. The Bertz CT molecular complexity index is 966. The zero-order valence-electron chi connectivity index (χ0n) is 23.8. The molecule has 2 rings (SSSR count). The SMILES string of the molecule is CCCCCCCCCC1=C(C)C(=O)C(=O)C(C2=C(O)C(CCCCCCCCC)=C(C)C(=O)C2=O)=C1O. The van der Waals surface area contributed by atoms with E-state index in [-0.39, 0.29) is 11.1 Å². The van der Waals surface area contributed by atoms with Crippen molar-refractivity contribution in [3.05, 3.63) is 45.0 Å². The first-order valence-corrected chi connectivity index (χ1v) is 14.6. The second kappa shape index (κ2) is 15.6. The first-order chi connectivity index (χ1) is 18.2. The second-order valence-corrected chi connectivity index (χ2v) is 10.7. The van der Waals surface area contributed by atoms with E-state index in [0.29, 0.717) is 24.0 Å². The second-order valence-electron chi connectivity index (χ2n) is 10.7. The van der Waals surface area contributed by atoms with Gasteiger partial charge in [0.15, 0.2) is 0 Å². The molecule has 0 atom stereocenters. The van der Waals surface area contributed by atoms with Gasteiger partial charge in [-0.3, -0.25) is 19.2 Å². The van der Waals surface area contributed by atoms with Gasteiger partial charge in [0.25, 0.3) is 0 Å². The smallest absolute Gasteiger partial charge is 0.237 e. The topological polar surface area (TPSA) is 109 Å². The van der Waals surface area contributed by atoms with E-state index in [9.17, 15) is 29.4 Å². The van der Waals surface area contributed by atoms with Crippen molar-refractivity contribution in [1.82, 2.24) is 0 Å². The minimum Gasteiger partial charge on any atom is -0.507 e. The van der Waals surface area contributed by atoms with E-state index in [0.717, 1.165) is 51.4 Å². The molecule has 2 aliphatic carbocycles. The molecule has 0 aromatic carbocycles. The summed E-state index contributed by atoms with van der Waals surface area (Å²) in [6.07, 6.45) is 15.5.